The zero-order valence-corrected chi connectivity index (χ0v) is 20.5. The summed E-state index contributed by atoms with van der Waals surface area (Å²) < 4.78 is 0. The van der Waals surface area contributed by atoms with Gasteiger partial charge in [-0.2, -0.15) is 0 Å². The zero-order valence-electron chi connectivity index (χ0n) is 20.5. The number of benzene rings is 3. The molecular weight excluding hydrogens is 450 g/mol. The molecule has 6 heteroatoms. The molecule has 2 atom stereocenters. The van der Waals surface area contributed by atoms with Crippen molar-refractivity contribution in [1.29, 1.82) is 0 Å². The summed E-state index contributed by atoms with van der Waals surface area (Å²) in [6, 6.07) is 24.4. The summed E-state index contributed by atoms with van der Waals surface area (Å²) in [5.41, 5.74) is 4.12. The van der Waals surface area contributed by atoms with E-state index in [1.807, 2.05) is 67.6 Å². The summed E-state index contributed by atoms with van der Waals surface area (Å²) in [7, 11) is 0. The van der Waals surface area contributed by atoms with Crippen molar-refractivity contribution >= 4 is 17.8 Å². The summed E-state index contributed by atoms with van der Waals surface area (Å²) in [5.74, 6) is -0.786. The number of hydrogen-bond donors (Lipinski definition) is 2. The third kappa shape index (κ3) is 4.63. The molecule has 2 N–H and O–H groups in total. The van der Waals surface area contributed by atoms with Crippen LogP contribution in [0.2, 0.25) is 0 Å². The smallest absolute Gasteiger partial charge is 0.325 e. The van der Waals surface area contributed by atoms with E-state index in [9.17, 15) is 14.4 Å². The second kappa shape index (κ2) is 9.97. The van der Waals surface area contributed by atoms with Gasteiger partial charge in [0.1, 0.15) is 6.54 Å². The van der Waals surface area contributed by atoms with E-state index in [1.54, 1.807) is 0 Å². The lowest BCUT2D eigenvalue weighted by Crippen LogP contribution is -2.47. The average Bonchev–Trinajstić information content (AvgIpc) is 3.14. The Bertz CT molecular complexity index is 1280. The second-order valence-electron chi connectivity index (χ2n) is 9.78. The quantitative estimate of drug-likeness (QED) is 0.490. The number of nitrogens with zero attached hydrogens (tertiary/aromatic N) is 1. The largest absolute Gasteiger partial charge is 0.348 e. The van der Waals surface area contributed by atoms with Crippen LogP contribution in [0, 0.1) is 0 Å². The minimum absolute atomic E-state index is 0.228. The molecule has 1 aliphatic heterocycles. The first-order chi connectivity index (χ1) is 17.5. The van der Waals surface area contributed by atoms with Crippen molar-refractivity contribution in [3.63, 3.8) is 0 Å². The maximum atomic E-state index is 13.8. The summed E-state index contributed by atoms with van der Waals surface area (Å²) >= 11 is 0. The van der Waals surface area contributed by atoms with Gasteiger partial charge in [0.2, 0.25) is 5.91 Å². The van der Waals surface area contributed by atoms with Crippen molar-refractivity contribution in [3.05, 3.63) is 107 Å². The normalized spacial score (nSPS) is 20.0. The lowest BCUT2D eigenvalue weighted by molar-refractivity contribution is -0.135. The molecule has 1 saturated heterocycles. The van der Waals surface area contributed by atoms with Gasteiger partial charge in [-0.05, 0) is 60.4 Å². The maximum Gasteiger partial charge on any atom is 0.325 e. The van der Waals surface area contributed by atoms with Gasteiger partial charge in [0.15, 0.2) is 5.54 Å². The fraction of sp³-hybridized carbons (Fsp3) is 0.300. The SMILES string of the molecule is C[C@@H](NC(=O)CN1C(=O)N[C@](Cc2ccccc2)(c2ccccc2)C1=O)c1ccc2c(c1)CCCC2. The number of fused-ring (bicyclic) bond motifs is 1. The van der Waals surface area contributed by atoms with Gasteiger partial charge < -0.3 is 10.6 Å². The molecule has 1 heterocycles. The summed E-state index contributed by atoms with van der Waals surface area (Å²) in [4.78, 5) is 40.8. The molecule has 36 heavy (non-hydrogen) atoms. The van der Waals surface area contributed by atoms with Crippen molar-refractivity contribution in [2.24, 2.45) is 0 Å². The van der Waals surface area contributed by atoms with E-state index in [2.05, 4.69) is 28.8 Å². The van der Waals surface area contributed by atoms with Crippen LogP contribution in [-0.4, -0.2) is 29.3 Å². The highest BCUT2D eigenvalue weighted by Crippen LogP contribution is 2.33. The summed E-state index contributed by atoms with van der Waals surface area (Å²) in [6.45, 7) is 1.60. The van der Waals surface area contributed by atoms with Gasteiger partial charge in [0.25, 0.3) is 5.91 Å². The van der Waals surface area contributed by atoms with Crippen molar-refractivity contribution < 1.29 is 14.4 Å². The van der Waals surface area contributed by atoms with Crippen molar-refractivity contribution in [2.45, 2.75) is 50.6 Å². The van der Waals surface area contributed by atoms with Crippen molar-refractivity contribution in [1.82, 2.24) is 15.5 Å². The molecule has 0 bridgehead atoms. The molecule has 0 spiro atoms. The van der Waals surface area contributed by atoms with Crippen molar-refractivity contribution in [3.8, 4) is 0 Å². The minimum Gasteiger partial charge on any atom is -0.348 e. The van der Waals surface area contributed by atoms with E-state index in [4.69, 9.17) is 0 Å². The first-order valence-electron chi connectivity index (χ1n) is 12.6. The van der Waals surface area contributed by atoms with E-state index in [1.165, 1.54) is 24.0 Å². The fourth-order valence-electron chi connectivity index (χ4n) is 5.35. The number of aryl methyl sites for hydroxylation is 2. The summed E-state index contributed by atoms with van der Waals surface area (Å²) in [6.07, 6.45) is 4.88. The Balaban J connectivity index is 1.33. The van der Waals surface area contributed by atoms with Gasteiger partial charge >= 0.3 is 6.03 Å². The van der Waals surface area contributed by atoms with Crippen molar-refractivity contribution in [2.75, 3.05) is 6.54 Å². The predicted molar refractivity (Wildman–Crippen MR) is 138 cm³/mol. The van der Waals surface area contributed by atoms with Crippen LogP contribution in [0.4, 0.5) is 4.79 Å². The topological polar surface area (TPSA) is 78.5 Å². The zero-order chi connectivity index (χ0) is 25.1. The van der Waals surface area contributed by atoms with Crippen LogP contribution in [0.5, 0.6) is 0 Å². The third-order valence-corrected chi connectivity index (χ3v) is 7.31. The molecule has 1 aliphatic carbocycles. The number of nitrogens with one attached hydrogen (secondary N) is 2. The molecule has 0 unspecified atom stereocenters. The monoisotopic (exact) mass is 481 g/mol. The van der Waals surface area contributed by atoms with Crippen LogP contribution in [0.3, 0.4) is 0 Å². The molecule has 6 nitrogen and oxygen atoms in total. The molecule has 5 rings (SSSR count). The van der Waals surface area contributed by atoms with E-state index in [-0.39, 0.29) is 18.5 Å². The molecule has 0 saturated carbocycles. The maximum absolute atomic E-state index is 13.8. The highest BCUT2D eigenvalue weighted by atomic mass is 16.2. The van der Waals surface area contributed by atoms with E-state index < -0.39 is 17.5 Å². The van der Waals surface area contributed by atoms with Crippen LogP contribution in [-0.2, 0) is 34.4 Å². The fourth-order valence-corrected chi connectivity index (χ4v) is 5.35. The highest BCUT2D eigenvalue weighted by molar-refractivity contribution is 6.09. The van der Waals surface area contributed by atoms with Crippen LogP contribution < -0.4 is 10.6 Å². The molecular formula is C30H31N3O3. The second-order valence-corrected chi connectivity index (χ2v) is 9.78. The number of carbonyl (C=O) groups is 3. The van der Waals surface area contributed by atoms with Crippen LogP contribution in [0.15, 0.2) is 78.9 Å². The minimum atomic E-state index is -1.26. The third-order valence-electron chi connectivity index (χ3n) is 7.31. The van der Waals surface area contributed by atoms with E-state index in [0.29, 0.717) is 12.0 Å². The number of hydrogen-bond acceptors (Lipinski definition) is 3. The molecule has 2 aliphatic rings. The Morgan fingerprint density at radius 2 is 1.61 bits per heavy atom. The molecule has 3 aromatic carbocycles. The van der Waals surface area contributed by atoms with Crippen LogP contribution >= 0.6 is 0 Å². The van der Waals surface area contributed by atoms with E-state index >= 15 is 0 Å². The first kappa shape index (κ1) is 23.8. The molecule has 0 aromatic heterocycles. The molecule has 1 fully saturated rings. The Kier molecular flexibility index (Phi) is 6.59. The Hall–Kier alpha value is -3.93. The lowest BCUT2D eigenvalue weighted by atomic mass is 9.83. The molecule has 0 radical (unpaired) electrons. The highest BCUT2D eigenvalue weighted by Gasteiger charge is 2.52. The van der Waals surface area contributed by atoms with Crippen LogP contribution in [0.25, 0.3) is 0 Å². The Morgan fingerprint density at radius 1 is 0.944 bits per heavy atom. The summed E-state index contributed by atoms with van der Waals surface area (Å²) in [5, 5.41) is 5.89. The molecule has 184 valence electrons. The van der Waals surface area contributed by atoms with Gasteiger partial charge in [-0.1, -0.05) is 78.9 Å². The Labute approximate surface area is 211 Å². The van der Waals surface area contributed by atoms with Gasteiger partial charge in [0, 0.05) is 6.42 Å². The van der Waals surface area contributed by atoms with Gasteiger partial charge in [-0.3, -0.25) is 14.5 Å². The van der Waals surface area contributed by atoms with Gasteiger partial charge in [-0.15, -0.1) is 0 Å². The Morgan fingerprint density at radius 3 is 2.33 bits per heavy atom. The lowest BCUT2D eigenvalue weighted by Gasteiger charge is -2.27. The molecule has 4 amide bonds. The first-order valence-corrected chi connectivity index (χ1v) is 12.6. The van der Waals surface area contributed by atoms with E-state index in [0.717, 1.165) is 28.9 Å². The average molecular weight is 482 g/mol. The molecule has 3 aromatic rings. The van der Waals surface area contributed by atoms with Crippen LogP contribution in [0.1, 0.15) is 53.6 Å². The number of amides is 4. The predicted octanol–water partition coefficient (Wildman–Crippen LogP) is 4.43. The number of rotatable bonds is 7. The standard InChI is InChI=1S/C30H31N3O3/c1-21(24-17-16-23-12-8-9-13-25(23)18-24)31-27(34)20-33-28(35)30(32-29(33)36,26-14-6-3-7-15-26)19-22-10-4-2-5-11-22/h2-7,10-11,14-18,21H,8-9,12-13,19-20H2,1H3,(H,31,34)(H,32,36)/t21-,30-/m1/s1. The van der Waals surface area contributed by atoms with Gasteiger partial charge in [-0.25, -0.2) is 4.79 Å². The number of imide groups is 1. The van der Waals surface area contributed by atoms with Gasteiger partial charge in [0.05, 0.1) is 6.04 Å². The number of urea groups is 1. The number of carbonyl (C=O) groups excluding carboxylic acids is 3.